The molecule has 0 fully saturated rings. The molecule has 0 aromatic heterocycles. The number of esters is 1. The number of carbonyl (C=O) groups excluding carboxylic acids is 1. The highest BCUT2D eigenvalue weighted by molar-refractivity contribution is 7.92. The number of hydrogen-bond donors (Lipinski definition) is 0. The van der Waals surface area contributed by atoms with Gasteiger partial charge < -0.3 is 4.74 Å². The Balaban J connectivity index is 2.45. The summed E-state index contributed by atoms with van der Waals surface area (Å²) in [5.74, 6) is -0.692. The summed E-state index contributed by atoms with van der Waals surface area (Å²) in [7, 11) is -4.12. The van der Waals surface area contributed by atoms with Crippen molar-refractivity contribution in [1.82, 2.24) is 0 Å². The maximum Gasteiger partial charge on any atom is 0.326 e. The van der Waals surface area contributed by atoms with E-state index in [1.165, 1.54) is 0 Å². The van der Waals surface area contributed by atoms with Crippen molar-refractivity contribution in [1.29, 1.82) is 0 Å². The van der Waals surface area contributed by atoms with Crippen LogP contribution in [0.5, 0.6) is 0 Å². The number of anilines is 1. The second-order valence-electron chi connectivity index (χ2n) is 5.59. The molecule has 0 saturated carbocycles. The van der Waals surface area contributed by atoms with Gasteiger partial charge in [0.2, 0.25) is 0 Å². The number of rotatable bonds is 8. The van der Waals surface area contributed by atoms with Gasteiger partial charge in [-0.05, 0) is 43.2 Å². The predicted octanol–water partition coefficient (Wildman–Crippen LogP) is 2.92. The lowest BCUT2D eigenvalue weighted by Gasteiger charge is -2.23. The third-order valence-corrected chi connectivity index (χ3v) is 5.63. The highest BCUT2D eigenvalue weighted by atomic mass is 32.2. The van der Waals surface area contributed by atoms with Gasteiger partial charge in [0, 0.05) is 12.1 Å². The second-order valence-corrected chi connectivity index (χ2v) is 7.45. The molecular formula is C18H20N2O6S. The molecule has 0 spiro atoms. The third-order valence-electron chi connectivity index (χ3n) is 3.85. The number of ether oxygens (including phenoxy) is 1. The molecule has 2 rings (SSSR count). The Morgan fingerprint density at radius 1 is 1.07 bits per heavy atom. The van der Waals surface area contributed by atoms with E-state index in [9.17, 15) is 23.3 Å². The Hall–Kier alpha value is -2.94. The highest BCUT2D eigenvalue weighted by Gasteiger charge is 2.28. The van der Waals surface area contributed by atoms with Gasteiger partial charge in [-0.1, -0.05) is 19.1 Å². The molecule has 144 valence electrons. The quantitative estimate of drug-likeness (QED) is 0.388. The zero-order valence-corrected chi connectivity index (χ0v) is 15.8. The Morgan fingerprint density at radius 3 is 2.15 bits per heavy atom. The molecule has 8 nitrogen and oxygen atoms in total. The minimum absolute atomic E-state index is 0.124. The number of carbonyl (C=O) groups is 1. The Bertz CT molecular complexity index is 908. The molecule has 0 N–H and O–H groups in total. The molecule has 0 aliphatic rings. The molecule has 0 amide bonds. The number of nitrogens with zero attached hydrogens (tertiary/aromatic N) is 2. The van der Waals surface area contributed by atoms with Crippen molar-refractivity contribution in [3.8, 4) is 0 Å². The Morgan fingerprint density at radius 2 is 1.67 bits per heavy atom. The third kappa shape index (κ3) is 4.82. The normalized spacial score (nSPS) is 11.0. The van der Waals surface area contributed by atoms with Crippen molar-refractivity contribution in [3.05, 3.63) is 64.2 Å². The van der Waals surface area contributed by atoms with Crippen molar-refractivity contribution in [2.24, 2.45) is 0 Å². The number of nitro benzene ring substituents is 1. The molecule has 27 heavy (non-hydrogen) atoms. The maximum atomic E-state index is 13.1. The molecule has 0 saturated heterocycles. The summed E-state index contributed by atoms with van der Waals surface area (Å²) in [4.78, 5) is 22.0. The van der Waals surface area contributed by atoms with E-state index < -0.39 is 27.5 Å². The summed E-state index contributed by atoms with van der Waals surface area (Å²) in [6, 6.07) is 11.3. The molecule has 2 aromatic carbocycles. The Labute approximate surface area is 157 Å². The van der Waals surface area contributed by atoms with Crippen molar-refractivity contribution < 1.29 is 22.9 Å². The van der Waals surface area contributed by atoms with Crippen LogP contribution in [0.2, 0.25) is 0 Å². The number of hydrogen-bond acceptors (Lipinski definition) is 6. The SMILES string of the molecule is CCOC(=O)CN(c1ccc(CC)cc1)S(=O)(=O)c1ccc([N+](=O)[O-])cc1. The average Bonchev–Trinajstić information content (AvgIpc) is 2.66. The molecule has 0 unspecified atom stereocenters. The van der Waals surface area contributed by atoms with Gasteiger partial charge in [-0.15, -0.1) is 0 Å². The number of aryl methyl sites for hydroxylation is 1. The van der Waals surface area contributed by atoms with Crippen LogP contribution in [-0.4, -0.2) is 32.5 Å². The second kappa shape index (κ2) is 8.63. The minimum Gasteiger partial charge on any atom is -0.465 e. The van der Waals surface area contributed by atoms with Crippen molar-refractivity contribution in [3.63, 3.8) is 0 Å². The standard InChI is InChI=1S/C18H20N2O6S/c1-3-14-5-7-15(8-6-14)19(13-18(21)26-4-2)27(24,25)17-11-9-16(10-12-17)20(22)23/h5-12H,3-4,13H2,1-2H3. The van der Waals surface area contributed by atoms with E-state index in [0.29, 0.717) is 5.69 Å². The van der Waals surface area contributed by atoms with Crippen LogP contribution in [0.4, 0.5) is 11.4 Å². The number of sulfonamides is 1. The molecule has 0 radical (unpaired) electrons. The summed E-state index contributed by atoms with van der Waals surface area (Å²) in [6.45, 7) is 3.22. The fourth-order valence-corrected chi connectivity index (χ4v) is 3.81. The minimum atomic E-state index is -4.12. The van der Waals surface area contributed by atoms with Crippen LogP contribution in [0.1, 0.15) is 19.4 Å². The summed E-state index contributed by atoms with van der Waals surface area (Å²) >= 11 is 0. The van der Waals surface area contributed by atoms with Gasteiger partial charge in [0.05, 0.1) is 22.1 Å². The lowest BCUT2D eigenvalue weighted by atomic mass is 10.1. The number of benzene rings is 2. The Kier molecular flexibility index (Phi) is 6.51. The summed E-state index contributed by atoms with van der Waals surface area (Å²) in [6.07, 6.45) is 0.785. The van der Waals surface area contributed by atoms with Gasteiger partial charge in [-0.3, -0.25) is 19.2 Å². The van der Waals surface area contributed by atoms with Crippen LogP contribution in [0.25, 0.3) is 0 Å². The predicted molar refractivity (Wildman–Crippen MR) is 100 cm³/mol. The first-order valence-corrected chi connectivity index (χ1v) is 9.75. The van der Waals surface area contributed by atoms with Crippen molar-refractivity contribution in [2.45, 2.75) is 25.2 Å². The van der Waals surface area contributed by atoms with Crippen LogP contribution >= 0.6 is 0 Å². The van der Waals surface area contributed by atoms with Crippen LogP contribution in [0.15, 0.2) is 53.4 Å². The van der Waals surface area contributed by atoms with Crippen LogP contribution in [-0.2, 0) is 26.0 Å². The van der Waals surface area contributed by atoms with E-state index in [0.717, 1.165) is 40.6 Å². The first kappa shape index (κ1) is 20.4. The van der Waals surface area contributed by atoms with E-state index in [2.05, 4.69) is 0 Å². The van der Waals surface area contributed by atoms with Gasteiger partial charge in [-0.2, -0.15) is 0 Å². The maximum absolute atomic E-state index is 13.1. The number of non-ortho nitro benzene ring substituents is 1. The fraction of sp³-hybridized carbons (Fsp3) is 0.278. The van der Waals surface area contributed by atoms with Gasteiger partial charge in [0.25, 0.3) is 15.7 Å². The summed E-state index contributed by atoms with van der Waals surface area (Å²) in [5, 5.41) is 10.8. The van der Waals surface area contributed by atoms with Gasteiger partial charge in [0.1, 0.15) is 6.54 Å². The van der Waals surface area contributed by atoms with E-state index in [1.807, 2.05) is 6.92 Å². The van der Waals surface area contributed by atoms with Gasteiger partial charge in [-0.25, -0.2) is 8.42 Å². The van der Waals surface area contributed by atoms with Crippen LogP contribution < -0.4 is 4.31 Å². The number of nitro groups is 1. The molecule has 0 aliphatic carbocycles. The topological polar surface area (TPSA) is 107 Å². The molecule has 2 aromatic rings. The smallest absolute Gasteiger partial charge is 0.326 e. The largest absolute Gasteiger partial charge is 0.465 e. The van der Waals surface area contributed by atoms with Gasteiger partial charge >= 0.3 is 5.97 Å². The molecular weight excluding hydrogens is 372 g/mol. The van der Waals surface area contributed by atoms with Crippen molar-refractivity contribution in [2.75, 3.05) is 17.5 Å². The lowest BCUT2D eigenvalue weighted by Crippen LogP contribution is -2.36. The molecule has 0 heterocycles. The van der Waals surface area contributed by atoms with Crippen LogP contribution in [0.3, 0.4) is 0 Å². The van der Waals surface area contributed by atoms with E-state index in [4.69, 9.17) is 4.74 Å². The molecule has 0 bridgehead atoms. The lowest BCUT2D eigenvalue weighted by molar-refractivity contribution is -0.384. The first-order valence-electron chi connectivity index (χ1n) is 8.31. The van der Waals surface area contributed by atoms with Crippen molar-refractivity contribution >= 4 is 27.4 Å². The highest BCUT2D eigenvalue weighted by Crippen LogP contribution is 2.25. The van der Waals surface area contributed by atoms with Gasteiger partial charge in [0.15, 0.2) is 0 Å². The zero-order valence-electron chi connectivity index (χ0n) is 15.0. The molecule has 0 aliphatic heterocycles. The average molecular weight is 392 g/mol. The zero-order chi connectivity index (χ0) is 20.0. The molecule has 0 atom stereocenters. The summed E-state index contributed by atoms with van der Waals surface area (Å²) in [5.41, 5.74) is 1.10. The fourth-order valence-electron chi connectivity index (χ4n) is 2.40. The van der Waals surface area contributed by atoms with E-state index in [1.54, 1.807) is 31.2 Å². The van der Waals surface area contributed by atoms with E-state index in [-0.39, 0.29) is 17.2 Å². The molecule has 9 heteroatoms. The summed E-state index contributed by atoms with van der Waals surface area (Å²) < 4.78 is 31.9. The van der Waals surface area contributed by atoms with Crippen LogP contribution in [0, 0.1) is 10.1 Å². The first-order chi connectivity index (χ1) is 12.8. The monoisotopic (exact) mass is 392 g/mol. The van der Waals surface area contributed by atoms with E-state index >= 15 is 0 Å².